The van der Waals surface area contributed by atoms with Crippen LogP contribution in [-0.4, -0.2) is 24.5 Å². The van der Waals surface area contributed by atoms with E-state index in [0.29, 0.717) is 0 Å². The molecule has 0 spiro atoms. The van der Waals surface area contributed by atoms with Crippen LogP contribution >= 0.6 is 12.4 Å². The quantitative estimate of drug-likeness (QED) is 0.573. The first-order valence-electron chi connectivity index (χ1n) is 8.24. The number of halogens is 4. The van der Waals surface area contributed by atoms with Crippen LogP contribution in [0.4, 0.5) is 13.2 Å². The van der Waals surface area contributed by atoms with E-state index >= 15 is 0 Å². The van der Waals surface area contributed by atoms with Gasteiger partial charge in [0.2, 0.25) is 0 Å². The molecule has 1 amide bonds. The van der Waals surface area contributed by atoms with Crippen molar-refractivity contribution in [3.63, 3.8) is 0 Å². The van der Waals surface area contributed by atoms with Gasteiger partial charge in [-0.2, -0.15) is 13.2 Å². The minimum atomic E-state index is -4.39. The molecule has 140 valence electrons. The number of rotatable bonds is 6. The molecule has 2 atom stereocenters. The minimum absolute atomic E-state index is 0. The fraction of sp³-hybridized carbons (Fsp3) is 0.500. The molecule has 25 heavy (non-hydrogen) atoms. The second-order valence-electron chi connectivity index (χ2n) is 6.08. The van der Waals surface area contributed by atoms with Gasteiger partial charge in [-0.15, -0.1) is 19.0 Å². The largest absolute Gasteiger partial charge is 0.416 e. The number of nitrogens with one attached hydrogen (secondary N) is 2. The third-order valence-corrected chi connectivity index (χ3v) is 4.31. The molecular weight excluding hydrogens is 353 g/mol. The van der Waals surface area contributed by atoms with Crippen LogP contribution in [0.1, 0.15) is 48.0 Å². The zero-order valence-corrected chi connectivity index (χ0v) is 14.8. The van der Waals surface area contributed by atoms with Crippen molar-refractivity contribution >= 4 is 18.3 Å². The van der Waals surface area contributed by atoms with Gasteiger partial charge in [0.15, 0.2) is 0 Å². The van der Waals surface area contributed by atoms with E-state index in [2.05, 4.69) is 17.2 Å². The summed E-state index contributed by atoms with van der Waals surface area (Å²) >= 11 is 0. The van der Waals surface area contributed by atoms with E-state index in [0.717, 1.165) is 50.8 Å². The first-order valence-corrected chi connectivity index (χ1v) is 8.24. The van der Waals surface area contributed by atoms with Gasteiger partial charge in [-0.1, -0.05) is 18.9 Å². The van der Waals surface area contributed by atoms with Crippen LogP contribution < -0.4 is 10.6 Å². The summed E-state index contributed by atoms with van der Waals surface area (Å²) in [6.45, 7) is 4.49. The first kappa shape index (κ1) is 21.5. The Morgan fingerprint density at radius 3 is 2.32 bits per heavy atom. The molecule has 0 unspecified atom stereocenters. The number of carbonyl (C=O) groups is 1. The van der Waals surface area contributed by atoms with E-state index < -0.39 is 11.7 Å². The number of amides is 1. The van der Waals surface area contributed by atoms with Crippen molar-refractivity contribution < 1.29 is 18.0 Å². The lowest BCUT2D eigenvalue weighted by atomic mass is 9.90. The zero-order chi connectivity index (χ0) is 17.6. The third kappa shape index (κ3) is 6.36. The highest BCUT2D eigenvalue weighted by Gasteiger charge is 2.30. The molecule has 1 aromatic rings. The molecule has 1 aliphatic carbocycles. The highest BCUT2D eigenvalue weighted by molar-refractivity contribution is 5.94. The summed E-state index contributed by atoms with van der Waals surface area (Å²) in [6.07, 6.45) is 2.31. The van der Waals surface area contributed by atoms with Crippen molar-refractivity contribution in [1.82, 2.24) is 10.6 Å². The smallest absolute Gasteiger partial charge is 0.348 e. The SMILES string of the molecule is C=CCCN[C@@H]1CCCC[C@H]1NC(=O)c1ccc(C(F)(F)F)cc1.Cl. The van der Waals surface area contributed by atoms with E-state index in [4.69, 9.17) is 0 Å². The van der Waals surface area contributed by atoms with Crippen molar-refractivity contribution in [2.75, 3.05) is 6.54 Å². The van der Waals surface area contributed by atoms with Gasteiger partial charge in [-0.3, -0.25) is 4.79 Å². The Hall–Kier alpha value is -1.53. The van der Waals surface area contributed by atoms with Crippen LogP contribution in [0.2, 0.25) is 0 Å². The molecule has 1 fully saturated rings. The average Bonchev–Trinajstić information content (AvgIpc) is 2.56. The lowest BCUT2D eigenvalue weighted by Gasteiger charge is -2.33. The fourth-order valence-electron chi connectivity index (χ4n) is 2.98. The molecule has 0 bridgehead atoms. The zero-order valence-electron chi connectivity index (χ0n) is 13.9. The number of carbonyl (C=O) groups excluding carboxylic acids is 1. The maximum Gasteiger partial charge on any atom is 0.416 e. The molecule has 1 saturated carbocycles. The van der Waals surface area contributed by atoms with Crippen LogP contribution in [0.5, 0.6) is 0 Å². The highest BCUT2D eigenvalue weighted by atomic mass is 35.5. The van der Waals surface area contributed by atoms with Crippen LogP contribution in [0.15, 0.2) is 36.9 Å². The van der Waals surface area contributed by atoms with Crippen molar-refractivity contribution in [2.24, 2.45) is 0 Å². The van der Waals surface area contributed by atoms with Crippen molar-refractivity contribution in [2.45, 2.75) is 50.4 Å². The van der Waals surface area contributed by atoms with Crippen LogP contribution in [0, 0.1) is 0 Å². The normalized spacial score (nSPS) is 20.4. The van der Waals surface area contributed by atoms with Gasteiger partial charge in [-0.25, -0.2) is 0 Å². The second kappa shape index (κ2) is 9.82. The Morgan fingerprint density at radius 2 is 1.76 bits per heavy atom. The van der Waals surface area contributed by atoms with Gasteiger partial charge >= 0.3 is 6.18 Å². The molecule has 3 nitrogen and oxygen atoms in total. The summed E-state index contributed by atoms with van der Waals surface area (Å²) < 4.78 is 37.7. The summed E-state index contributed by atoms with van der Waals surface area (Å²) in [4.78, 5) is 12.3. The Kier molecular flexibility index (Phi) is 8.45. The maximum atomic E-state index is 12.6. The van der Waals surface area contributed by atoms with Gasteiger partial charge in [0.1, 0.15) is 0 Å². The predicted molar refractivity (Wildman–Crippen MR) is 95.0 cm³/mol. The number of hydrogen-bond donors (Lipinski definition) is 2. The molecule has 1 aliphatic rings. The fourth-order valence-corrected chi connectivity index (χ4v) is 2.98. The Labute approximate surface area is 152 Å². The Bertz CT molecular complexity index is 560. The van der Waals surface area contributed by atoms with Crippen LogP contribution in [-0.2, 0) is 6.18 Å². The highest BCUT2D eigenvalue weighted by Crippen LogP contribution is 2.29. The lowest BCUT2D eigenvalue weighted by Crippen LogP contribution is -2.51. The van der Waals surface area contributed by atoms with Crippen molar-refractivity contribution in [3.05, 3.63) is 48.0 Å². The average molecular weight is 377 g/mol. The molecule has 1 aromatic carbocycles. The van der Waals surface area contributed by atoms with E-state index in [1.54, 1.807) is 0 Å². The number of benzene rings is 1. The molecule has 0 saturated heterocycles. The summed E-state index contributed by atoms with van der Waals surface area (Å²) in [5.41, 5.74) is -0.501. The Morgan fingerprint density at radius 1 is 1.16 bits per heavy atom. The van der Waals surface area contributed by atoms with Gasteiger partial charge in [-0.05, 0) is 50.1 Å². The monoisotopic (exact) mass is 376 g/mol. The van der Waals surface area contributed by atoms with Crippen molar-refractivity contribution in [1.29, 1.82) is 0 Å². The third-order valence-electron chi connectivity index (χ3n) is 4.31. The van der Waals surface area contributed by atoms with Gasteiger partial charge < -0.3 is 10.6 Å². The minimum Gasteiger partial charge on any atom is -0.348 e. The van der Waals surface area contributed by atoms with Crippen LogP contribution in [0.3, 0.4) is 0 Å². The van der Waals surface area contributed by atoms with E-state index in [1.807, 2.05) is 6.08 Å². The number of alkyl halides is 3. The van der Waals surface area contributed by atoms with Gasteiger partial charge in [0.05, 0.1) is 5.56 Å². The molecule has 0 radical (unpaired) electrons. The molecule has 7 heteroatoms. The summed E-state index contributed by atoms with van der Waals surface area (Å²) in [5.74, 6) is -0.328. The molecule has 2 N–H and O–H groups in total. The molecular formula is C18H24ClF3N2O. The first-order chi connectivity index (χ1) is 11.4. The van der Waals surface area contributed by atoms with Gasteiger partial charge in [0, 0.05) is 17.6 Å². The van der Waals surface area contributed by atoms with E-state index in [-0.39, 0.29) is 36.0 Å². The predicted octanol–water partition coefficient (Wildman–Crippen LogP) is 4.33. The molecule has 0 aliphatic heterocycles. The topological polar surface area (TPSA) is 41.1 Å². The molecule has 2 rings (SSSR count). The summed E-state index contributed by atoms with van der Waals surface area (Å²) in [7, 11) is 0. The molecule has 0 heterocycles. The standard InChI is InChI=1S/C18H23F3N2O.ClH/c1-2-3-12-22-15-6-4-5-7-16(15)23-17(24)13-8-10-14(11-9-13)18(19,20)21;/h2,8-11,15-16,22H,1,3-7,12H2,(H,23,24);1H/t15-,16-;/m1./s1. The van der Waals surface area contributed by atoms with E-state index in [1.165, 1.54) is 12.1 Å². The maximum absolute atomic E-state index is 12.6. The van der Waals surface area contributed by atoms with Crippen molar-refractivity contribution in [3.8, 4) is 0 Å². The number of hydrogen-bond acceptors (Lipinski definition) is 2. The lowest BCUT2D eigenvalue weighted by molar-refractivity contribution is -0.137. The summed E-state index contributed by atoms with van der Waals surface area (Å²) in [5, 5.41) is 6.39. The summed E-state index contributed by atoms with van der Waals surface area (Å²) in [6, 6.07) is 4.52. The van der Waals surface area contributed by atoms with Crippen LogP contribution in [0.25, 0.3) is 0 Å². The van der Waals surface area contributed by atoms with E-state index in [9.17, 15) is 18.0 Å². The Balaban J connectivity index is 0.00000312. The van der Waals surface area contributed by atoms with Gasteiger partial charge in [0.25, 0.3) is 5.91 Å². The molecule has 0 aromatic heterocycles. The second-order valence-corrected chi connectivity index (χ2v) is 6.08.